The Bertz CT molecular complexity index is 1010. The number of ether oxygens (including phenoxy) is 1. The lowest BCUT2D eigenvalue weighted by Crippen LogP contribution is -2.51. The summed E-state index contributed by atoms with van der Waals surface area (Å²) >= 11 is 0. The molecular weight excluding hydrogens is 350 g/mol. The molecule has 0 unspecified atom stereocenters. The lowest BCUT2D eigenvalue weighted by atomic mass is 9.93. The molecular formula is C23H25N3O2. The number of hydrogen-bond acceptors (Lipinski definition) is 3. The van der Waals surface area contributed by atoms with Gasteiger partial charge in [0.25, 0.3) is 0 Å². The number of hydrogen-bond donors (Lipinski definition) is 1. The Morgan fingerprint density at radius 3 is 2.46 bits per heavy atom. The summed E-state index contributed by atoms with van der Waals surface area (Å²) < 4.78 is 5.50. The van der Waals surface area contributed by atoms with E-state index in [4.69, 9.17) is 4.74 Å². The first kappa shape index (κ1) is 17.2. The number of amides is 1. The van der Waals surface area contributed by atoms with Gasteiger partial charge < -0.3 is 19.5 Å². The Kier molecular flexibility index (Phi) is 4.04. The van der Waals surface area contributed by atoms with Crippen molar-refractivity contribution in [1.29, 1.82) is 0 Å². The van der Waals surface area contributed by atoms with Crippen LogP contribution in [0.15, 0.2) is 54.7 Å². The molecule has 1 aliphatic carbocycles. The van der Waals surface area contributed by atoms with Gasteiger partial charge in [-0.1, -0.05) is 30.3 Å². The average molecular weight is 375 g/mol. The maximum Gasteiger partial charge on any atom is 0.233 e. The van der Waals surface area contributed by atoms with Crippen LogP contribution in [0.3, 0.4) is 0 Å². The highest BCUT2D eigenvalue weighted by molar-refractivity contribution is 5.97. The van der Waals surface area contributed by atoms with Gasteiger partial charge in [0.15, 0.2) is 0 Å². The summed E-state index contributed by atoms with van der Waals surface area (Å²) in [5.74, 6) is 1.18. The van der Waals surface area contributed by atoms with Crippen LogP contribution in [0.5, 0.6) is 5.75 Å². The zero-order chi connectivity index (χ0) is 19.1. The number of rotatable bonds is 4. The van der Waals surface area contributed by atoms with Crippen molar-refractivity contribution in [2.24, 2.45) is 0 Å². The van der Waals surface area contributed by atoms with E-state index in [2.05, 4.69) is 33.0 Å². The van der Waals surface area contributed by atoms with E-state index in [1.165, 1.54) is 10.9 Å². The first-order valence-corrected chi connectivity index (χ1v) is 9.97. The van der Waals surface area contributed by atoms with Crippen molar-refractivity contribution in [2.45, 2.75) is 18.3 Å². The van der Waals surface area contributed by atoms with Gasteiger partial charge in [0, 0.05) is 43.3 Å². The van der Waals surface area contributed by atoms with Crippen molar-refractivity contribution < 1.29 is 9.53 Å². The first-order chi connectivity index (χ1) is 13.7. The number of H-pyrrole nitrogens is 1. The van der Waals surface area contributed by atoms with Crippen LogP contribution in [0.25, 0.3) is 10.9 Å². The van der Waals surface area contributed by atoms with E-state index in [-0.39, 0.29) is 11.3 Å². The summed E-state index contributed by atoms with van der Waals surface area (Å²) in [5, 5.41) is 1.18. The summed E-state index contributed by atoms with van der Waals surface area (Å²) in [7, 11) is 1.71. The fourth-order valence-corrected chi connectivity index (χ4v) is 4.53. The molecule has 1 aliphatic heterocycles. The van der Waals surface area contributed by atoms with Gasteiger partial charge in [-0.3, -0.25) is 4.79 Å². The predicted octanol–water partition coefficient (Wildman–Crippen LogP) is 3.56. The van der Waals surface area contributed by atoms with E-state index >= 15 is 0 Å². The molecule has 1 aromatic heterocycles. The second-order valence-electron chi connectivity index (χ2n) is 7.78. The quantitative estimate of drug-likeness (QED) is 0.759. The molecule has 5 nitrogen and oxygen atoms in total. The molecule has 28 heavy (non-hydrogen) atoms. The maximum atomic E-state index is 13.5. The molecule has 1 amide bonds. The normalized spacial score (nSPS) is 18.3. The topological polar surface area (TPSA) is 48.6 Å². The molecule has 2 aliphatic rings. The molecule has 5 heteroatoms. The number of nitrogens with one attached hydrogen (secondary N) is 1. The van der Waals surface area contributed by atoms with Crippen LogP contribution >= 0.6 is 0 Å². The minimum Gasteiger partial charge on any atom is -0.495 e. The summed E-state index contributed by atoms with van der Waals surface area (Å²) in [4.78, 5) is 21.2. The molecule has 1 N–H and O–H groups in total. The number of fused-ring (bicyclic) bond motifs is 1. The molecule has 0 bridgehead atoms. The van der Waals surface area contributed by atoms with Crippen LogP contribution in [0, 0.1) is 0 Å². The van der Waals surface area contributed by atoms with Gasteiger partial charge in [-0.2, -0.15) is 0 Å². The smallest absolute Gasteiger partial charge is 0.233 e. The third-order valence-corrected chi connectivity index (χ3v) is 6.26. The van der Waals surface area contributed by atoms with Crippen molar-refractivity contribution in [2.75, 3.05) is 38.2 Å². The van der Waals surface area contributed by atoms with Crippen LogP contribution in [-0.4, -0.2) is 49.1 Å². The summed E-state index contributed by atoms with van der Waals surface area (Å²) in [6, 6.07) is 16.4. The van der Waals surface area contributed by atoms with Crippen molar-refractivity contribution >= 4 is 22.5 Å². The van der Waals surface area contributed by atoms with Gasteiger partial charge in [-0.15, -0.1) is 0 Å². The van der Waals surface area contributed by atoms with E-state index in [9.17, 15) is 4.79 Å². The molecule has 2 fully saturated rings. The minimum atomic E-state index is -0.327. The third kappa shape index (κ3) is 2.65. The molecule has 5 rings (SSSR count). The molecule has 2 heterocycles. The Balaban J connectivity index is 1.34. The monoisotopic (exact) mass is 375 g/mol. The predicted molar refractivity (Wildman–Crippen MR) is 111 cm³/mol. The molecule has 3 aromatic rings. The van der Waals surface area contributed by atoms with Crippen molar-refractivity contribution in [3.8, 4) is 5.75 Å². The molecule has 0 spiro atoms. The van der Waals surface area contributed by atoms with Crippen LogP contribution in [0.1, 0.15) is 18.4 Å². The Morgan fingerprint density at radius 1 is 1.00 bits per heavy atom. The zero-order valence-electron chi connectivity index (χ0n) is 16.1. The maximum absolute atomic E-state index is 13.5. The number of para-hydroxylation sites is 3. The summed E-state index contributed by atoms with van der Waals surface area (Å²) in [5.41, 5.74) is 3.05. The number of benzene rings is 2. The number of aromatic amines is 1. The minimum absolute atomic E-state index is 0.289. The number of piperazine rings is 1. The Morgan fingerprint density at radius 2 is 1.71 bits per heavy atom. The SMILES string of the molecule is COc1ccccc1N1CCN(C(=O)C2(c3c[nH]c4ccccc34)CC2)CC1. The van der Waals surface area contributed by atoms with Gasteiger partial charge in [-0.25, -0.2) is 0 Å². The standard InChI is InChI=1S/C23H25N3O2/c1-28-21-9-5-4-8-20(21)25-12-14-26(15-13-25)22(27)23(10-11-23)18-16-24-19-7-3-2-6-17(18)19/h2-9,16,24H,10-15H2,1H3. The average Bonchev–Trinajstić information content (AvgIpc) is 3.45. The van der Waals surface area contributed by atoms with Crippen LogP contribution < -0.4 is 9.64 Å². The Labute approximate surface area is 164 Å². The third-order valence-electron chi connectivity index (χ3n) is 6.26. The second kappa shape index (κ2) is 6.59. The highest BCUT2D eigenvalue weighted by Gasteiger charge is 2.54. The molecule has 0 radical (unpaired) electrons. The van der Waals surface area contributed by atoms with Crippen LogP contribution in [0.2, 0.25) is 0 Å². The molecule has 0 atom stereocenters. The lowest BCUT2D eigenvalue weighted by Gasteiger charge is -2.38. The fraction of sp³-hybridized carbons (Fsp3) is 0.348. The number of methoxy groups -OCH3 is 1. The highest BCUT2D eigenvalue weighted by atomic mass is 16.5. The summed E-state index contributed by atoms with van der Waals surface area (Å²) in [6.45, 7) is 3.16. The van der Waals surface area contributed by atoms with Gasteiger partial charge in [0.2, 0.25) is 5.91 Å². The van der Waals surface area contributed by atoms with E-state index in [1.54, 1.807) is 7.11 Å². The van der Waals surface area contributed by atoms with Gasteiger partial charge in [-0.05, 0) is 36.6 Å². The van der Waals surface area contributed by atoms with Crippen molar-refractivity contribution in [3.63, 3.8) is 0 Å². The largest absolute Gasteiger partial charge is 0.495 e. The number of carbonyl (C=O) groups is 1. The van der Waals surface area contributed by atoms with Gasteiger partial charge in [0.1, 0.15) is 5.75 Å². The number of anilines is 1. The molecule has 1 saturated carbocycles. The first-order valence-electron chi connectivity index (χ1n) is 9.97. The second-order valence-corrected chi connectivity index (χ2v) is 7.78. The number of carbonyl (C=O) groups excluding carboxylic acids is 1. The van der Waals surface area contributed by atoms with E-state index in [0.29, 0.717) is 0 Å². The number of nitrogens with zero attached hydrogens (tertiary/aromatic N) is 2. The Hall–Kier alpha value is -2.95. The van der Waals surface area contributed by atoms with Crippen LogP contribution in [0.4, 0.5) is 5.69 Å². The van der Waals surface area contributed by atoms with E-state index in [0.717, 1.165) is 56.0 Å². The molecule has 1 saturated heterocycles. The van der Waals surface area contributed by atoms with Crippen molar-refractivity contribution in [3.05, 3.63) is 60.3 Å². The van der Waals surface area contributed by atoms with Crippen molar-refractivity contribution in [1.82, 2.24) is 9.88 Å². The summed E-state index contributed by atoms with van der Waals surface area (Å²) in [6.07, 6.45) is 3.93. The number of aromatic nitrogens is 1. The van der Waals surface area contributed by atoms with E-state index < -0.39 is 0 Å². The molecule has 144 valence electrons. The van der Waals surface area contributed by atoms with Gasteiger partial charge >= 0.3 is 0 Å². The van der Waals surface area contributed by atoms with Crippen LogP contribution in [-0.2, 0) is 10.2 Å². The van der Waals surface area contributed by atoms with E-state index in [1.807, 2.05) is 36.5 Å². The fourth-order valence-electron chi connectivity index (χ4n) is 4.53. The lowest BCUT2D eigenvalue weighted by molar-refractivity contribution is -0.134. The highest BCUT2D eigenvalue weighted by Crippen LogP contribution is 2.51. The zero-order valence-corrected chi connectivity index (χ0v) is 16.1. The molecule has 2 aromatic carbocycles. The van der Waals surface area contributed by atoms with Gasteiger partial charge in [0.05, 0.1) is 18.2 Å².